The third kappa shape index (κ3) is 6.68. The van der Waals surface area contributed by atoms with Crippen molar-refractivity contribution in [3.05, 3.63) is 83.2 Å². The van der Waals surface area contributed by atoms with Gasteiger partial charge in [0.05, 0.1) is 12.0 Å². The Balaban J connectivity index is 1.16. The van der Waals surface area contributed by atoms with Crippen molar-refractivity contribution in [1.29, 1.82) is 0 Å². The van der Waals surface area contributed by atoms with Gasteiger partial charge in [0, 0.05) is 22.4 Å². The number of hydrogen-bond acceptors (Lipinski definition) is 7. The van der Waals surface area contributed by atoms with Crippen molar-refractivity contribution < 1.29 is 9.26 Å². The van der Waals surface area contributed by atoms with Crippen molar-refractivity contribution in [2.45, 2.75) is 63.7 Å². The van der Waals surface area contributed by atoms with Gasteiger partial charge in [0.15, 0.2) is 11.4 Å². The van der Waals surface area contributed by atoms with Crippen LogP contribution in [0, 0.1) is 0 Å². The van der Waals surface area contributed by atoms with Gasteiger partial charge in [0.1, 0.15) is 11.4 Å². The van der Waals surface area contributed by atoms with Crippen molar-refractivity contribution in [3.8, 4) is 17.0 Å². The average molecular weight is 542 g/mol. The zero-order valence-corrected chi connectivity index (χ0v) is 23.5. The normalized spacial score (nSPS) is 11.3. The van der Waals surface area contributed by atoms with Gasteiger partial charge in [-0.3, -0.25) is 0 Å². The number of aryl methyl sites for hydroxylation is 2. The van der Waals surface area contributed by atoms with Crippen LogP contribution in [0.1, 0.15) is 62.0 Å². The number of rotatable bonds is 14. The molecule has 3 aromatic carbocycles. The minimum Gasteiger partial charge on any atom is -0.493 e. The minimum absolute atomic E-state index is 0.688. The summed E-state index contributed by atoms with van der Waals surface area (Å²) in [6.45, 7) is 5.09. The molecule has 0 aliphatic carbocycles. The first-order valence-corrected chi connectivity index (χ1v) is 14.8. The van der Waals surface area contributed by atoms with Crippen LogP contribution in [0.15, 0.2) is 70.1 Å². The number of thioether (sulfide) groups is 1. The third-order valence-corrected chi connectivity index (χ3v) is 7.90. The van der Waals surface area contributed by atoms with Crippen molar-refractivity contribution in [2.75, 3.05) is 12.4 Å². The molecular weight excluding hydrogens is 506 g/mol. The molecule has 0 amide bonds. The second-order valence-corrected chi connectivity index (χ2v) is 10.8. The van der Waals surface area contributed by atoms with E-state index in [4.69, 9.17) is 9.26 Å². The first kappa shape index (κ1) is 26.9. The van der Waals surface area contributed by atoms with E-state index in [2.05, 4.69) is 82.1 Å². The molecule has 0 bridgehead atoms. The highest BCUT2D eigenvalue weighted by atomic mass is 32.2. The molecule has 2 aromatic heterocycles. The molecule has 5 aromatic rings. The highest BCUT2D eigenvalue weighted by Crippen LogP contribution is 2.35. The number of H-pyrrole nitrogens is 1. The monoisotopic (exact) mass is 541 g/mol. The van der Waals surface area contributed by atoms with Gasteiger partial charge in [-0.15, -0.1) is 22.0 Å². The largest absolute Gasteiger partial charge is 0.493 e. The summed E-state index contributed by atoms with van der Waals surface area (Å²) in [4.78, 5) is 1.37. The number of hydrogen-bond donors (Lipinski definition) is 1. The van der Waals surface area contributed by atoms with Crippen molar-refractivity contribution in [3.63, 3.8) is 0 Å². The number of aromatic amines is 1. The molecule has 5 rings (SSSR count). The van der Waals surface area contributed by atoms with Gasteiger partial charge in [-0.05, 0) is 60.8 Å². The zero-order chi connectivity index (χ0) is 26.9. The lowest BCUT2D eigenvalue weighted by molar-refractivity contribution is 0.306. The molecule has 39 heavy (non-hydrogen) atoms. The molecule has 0 atom stereocenters. The predicted molar refractivity (Wildman–Crippen MR) is 156 cm³/mol. The minimum atomic E-state index is 0.688. The summed E-state index contributed by atoms with van der Waals surface area (Å²) in [5, 5.41) is 19.8. The Kier molecular flexibility index (Phi) is 9.27. The molecule has 7 nitrogen and oxygen atoms in total. The smallest absolute Gasteiger partial charge is 0.178 e. The summed E-state index contributed by atoms with van der Waals surface area (Å²) in [5.74, 6) is 2.70. The molecular formula is C31H35N5O2S. The van der Waals surface area contributed by atoms with Crippen LogP contribution >= 0.6 is 11.8 Å². The van der Waals surface area contributed by atoms with E-state index in [1.54, 1.807) is 0 Å². The third-order valence-electron chi connectivity index (χ3n) is 6.70. The molecule has 0 unspecified atom stereocenters. The lowest BCUT2D eigenvalue weighted by atomic mass is 10.0. The Bertz CT molecular complexity index is 1470. The summed E-state index contributed by atoms with van der Waals surface area (Å²) in [7, 11) is 0. The topological polar surface area (TPSA) is 89.7 Å². The van der Waals surface area contributed by atoms with E-state index in [1.165, 1.54) is 16.0 Å². The van der Waals surface area contributed by atoms with Crippen LogP contribution in [-0.4, -0.2) is 38.1 Å². The Labute approximate surface area is 233 Å². The Morgan fingerprint density at radius 2 is 1.82 bits per heavy atom. The fourth-order valence-corrected chi connectivity index (χ4v) is 5.90. The molecule has 202 valence electrons. The van der Waals surface area contributed by atoms with Crippen molar-refractivity contribution >= 4 is 22.7 Å². The lowest BCUT2D eigenvalue weighted by Crippen LogP contribution is -2.01. The van der Waals surface area contributed by atoms with E-state index in [0.29, 0.717) is 13.0 Å². The van der Waals surface area contributed by atoms with Gasteiger partial charge in [-0.25, -0.2) is 0 Å². The van der Waals surface area contributed by atoms with Gasteiger partial charge in [0.2, 0.25) is 0 Å². The van der Waals surface area contributed by atoms with Gasteiger partial charge in [0.25, 0.3) is 0 Å². The maximum atomic E-state index is 6.28. The molecule has 0 aliphatic rings. The SMILES string of the molecule is CCCc1cc(Cc2nn[nH]n2)ccc1SCCCCOc1ccc2c(-c3ccccc3)noc2c1CCC. The van der Waals surface area contributed by atoms with Gasteiger partial charge in [-0.1, -0.05) is 79.5 Å². The zero-order valence-electron chi connectivity index (χ0n) is 22.7. The van der Waals surface area contributed by atoms with Gasteiger partial charge < -0.3 is 9.26 Å². The number of fused-ring (bicyclic) bond motifs is 1. The summed E-state index contributed by atoms with van der Waals surface area (Å²) in [5.41, 5.74) is 6.53. The maximum absolute atomic E-state index is 6.28. The quantitative estimate of drug-likeness (QED) is 0.115. The second kappa shape index (κ2) is 13.4. The molecule has 0 saturated carbocycles. The fraction of sp³-hybridized carbons (Fsp3) is 0.355. The number of aromatic nitrogens is 5. The summed E-state index contributed by atoms with van der Waals surface area (Å²) >= 11 is 1.94. The van der Waals surface area contributed by atoms with E-state index >= 15 is 0 Å². The van der Waals surface area contributed by atoms with E-state index in [0.717, 1.165) is 83.6 Å². The second-order valence-electron chi connectivity index (χ2n) is 9.67. The predicted octanol–water partition coefficient (Wildman–Crippen LogP) is 7.46. The van der Waals surface area contributed by atoms with Crippen LogP contribution in [-0.2, 0) is 19.3 Å². The van der Waals surface area contributed by atoms with E-state index in [1.807, 2.05) is 30.0 Å². The number of benzene rings is 3. The van der Waals surface area contributed by atoms with Crippen LogP contribution in [0.3, 0.4) is 0 Å². The van der Waals surface area contributed by atoms with Crippen LogP contribution in [0.25, 0.3) is 22.2 Å². The van der Waals surface area contributed by atoms with E-state index < -0.39 is 0 Å². The van der Waals surface area contributed by atoms with Gasteiger partial charge >= 0.3 is 0 Å². The highest BCUT2D eigenvalue weighted by molar-refractivity contribution is 7.99. The molecule has 2 heterocycles. The Morgan fingerprint density at radius 1 is 0.949 bits per heavy atom. The van der Waals surface area contributed by atoms with Crippen LogP contribution in [0.5, 0.6) is 5.75 Å². The first-order valence-electron chi connectivity index (χ1n) is 13.8. The summed E-state index contributed by atoms with van der Waals surface area (Å²) in [6.07, 6.45) is 6.89. The molecule has 1 N–H and O–H groups in total. The fourth-order valence-electron chi connectivity index (χ4n) is 4.82. The highest BCUT2D eigenvalue weighted by Gasteiger charge is 2.17. The number of ether oxygens (including phenoxy) is 1. The number of unbranched alkanes of at least 4 members (excludes halogenated alkanes) is 1. The Hall–Kier alpha value is -3.65. The molecule has 0 radical (unpaired) electrons. The van der Waals surface area contributed by atoms with E-state index in [-0.39, 0.29) is 0 Å². The van der Waals surface area contributed by atoms with Crippen LogP contribution < -0.4 is 4.74 Å². The summed E-state index contributed by atoms with van der Waals surface area (Å²) in [6, 6.07) is 21.1. The molecule has 0 saturated heterocycles. The summed E-state index contributed by atoms with van der Waals surface area (Å²) < 4.78 is 12.1. The van der Waals surface area contributed by atoms with E-state index in [9.17, 15) is 0 Å². The average Bonchev–Trinajstić information content (AvgIpc) is 3.63. The number of nitrogens with one attached hydrogen (secondary N) is 1. The first-order chi connectivity index (χ1) is 19.3. The lowest BCUT2D eigenvalue weighted by Gasteiger charge is -2.12. The maximum Gasteiger partial charge on any atom is 0.178 e. The number of tetrazole rings is 1. The van der Waals surface area contributed by atoms with Crippen LogP contribution in [0.4, 0.5) is 0 Å². The molecule has 0 fully saturated rings. The van der Waals surface area contributed by atoms with Crippen molar-refractivity contribution in [2.24, 2.45) is 0 Å². The molecule has 0 aliphatic heterocycles. The molecule has 8 heteroatoms. The van der Waals surface area contributed by atoms with Crippen molar-refractivity contribution in [1.82, 2.24) is 25.8 Å². The van der Waals surface area contributed by atoms with Crippen LogP contribution in [0.2, 0.25) is 0 Å². The molecule has 0 spiro atoms. The standard InChI is InChI=1S/C31H35N5O2S/c1-3-10-24-20-22(21-29-32-35-36-33-29)14-17-28(24)39-19-9-8-18-37-27-16-15-26-30(23-12-6-5-7-13-23)34-38-31(26)25(27)11-4-2/h5-7,12-17,20H,3-4,8-11,18-19,21H2,1-2H3,(H,32,33,35,36). The Morgan fingerprint density at radius 3 is 2.62 bits per heavy atom. The van der Waals surface area contributed by atoms with Gasteiger partial charge in [-0.2, -0.15) is 5.21 Å². The number of nitrogens with zero attached hydrogens (tertiary/aromatic N) is 4.